The molecule has 0 bridgehead atoms. The summed E-state index contributed by atoms with van der Waals surface area (Å²) in [6.07, 6.45) is 1.14. The van der Waals surface area contributed by atoms with E-state index in [1.807, 2.05) is 18.7 Å². The summed E-state index contributed by atoms with van der Waals surface area (Å²) in [6.45, 7) is 4.12. The van der Waals surface area contributed by atoms with Gasteiger partial charge in [0.15, 0.2) is 0 Å². The fourth-order valence-corrected chi connectivity index (χ4v) is 2.53. The fraction of sp³-hybridized carbons (Fsp3) is 0.500. The summed E-state index contributed by atoms with van der Waals surface area (Å²) in [5.74, 6) is 7.29. The summed E-state index contributed by atoms with van der Waals surface area (Å²) >= 11 is 1.83. The lowest BCUT2D eigenvalue weighted by Gasteiger charge is -2.18. The van der Waals surface area contributed by atoms with Crippen LogP contribution in [-0.4, -0.2) is 11.5 Å². The zero-order valence-electron chi connectivity index (χ0n) is 9.79. The first-order valence-electron chi connectivity index (χ1n) is 5.49. The van der Waals surface area contributed by atoms with Gasteiger partial charge in [0.05, 0.1) is 6.04 Å². The van der Waals surface area contributed by atoms with Crippen molar-refractivity contribution in [3.8, 4) is 0 Å². The molecule has 0 heterocycles. The Morgan fingerprint density at radius 1 is 1.50 bits per heavy atom. The first-order chi connectivity index (χ1) is 7.69. The highest BCUT2D eigenvalue weighted by Gasteiger charge is 2.12. The molecular weight excluding hydrogens is 223 g/mol. The van der Waals surface area contributed by atoms with Gasteiger partial charge in [-0.3, -0.25) is 11.3 Å². The van der Waals surface area contributed by atoms with Crippen LogP contribution in [0.1, 0.15) is 30.5 Å². The van der Waals surface area contributed by atoms with Crippen LogP contribution in [0.2, 0.25) is 0 Å². The average molecular weight is 242 g/mol. The van der Waals surface area contributed by atoms with E-state index in [0.717, 1.165) is 29.1 Å². The molecule has 16 heavy (non-hydrogen) atoms. The number of nitrogens with two attached hydrogens (primary N) is 1. The molecule has 4 heteroatoms. The zero-order valence-corrected chi connectivity index (χ0v) is 10.6. The van der Waals surface area contributed by atoms with Crippen molar-refractivity contribution in [2.45, 2.75) is 26.3 Å². The molecule has 1 atom stereocenters. The van der Waals surface area contributed by atoms with Gasteiger partial charge in [0.2, 0.25) is 0 Å². The Kier molecular flexibility index (Phi) is 5.80. The van der Waals surface area contributed by atoms with E-state index in [1.165, 1.54) is 6.07 Å². The molecule has 0 saturated carbocycles. The lowest BCUT2D eigenvalue weighted by molar-refractivity contribution is 0.588. The van der Waals surface area contributed by atoms with Crippen LogP contribution in [0.15, 0.2) is 18.2 Å². The van der Waals surface area contributed by atoms with Crippen molar-refractivity contribution < 1.29 is 4.39 Å². The summed E-state index contributed by atoms with van der Waals surface area (Å²) < 4.78 is 13.2. The molecule has 3 N–H and O–H groups in total. The smallest absolute Gasteiger partial charge is 0.123 e. The molecule has 2 nitrogen and oxygen atoms in total. The third kappa shape index (κ3) is 3.77. The lowest BCUT2D eigenvalue weighted by Crippen LogP contribution is -2.30. The van der Waals surface area contributed by atoms with Crippen LogP contribution in [0.25, 0.3) is 0 Å². The molecule has 0 radical (unpaired) electrons. The first-order valence-corrected chi connectivity index (χ1v) is 6.64. The summed E-state index contributed by atoms with van der Waals surface area (Å²) in [6, 6.07) is 4.85. The number of nitrogens with one attached hydrogen (secondary N) is 1. The zero-order chi connectivity index (χ0) is 12.0. The Balaban J connectivity index is 2.73. The molecule has 0 spiro atoms. The summed E-state index contributed by atoms with van der Waals surface area (Å²) in [7, 11) is 0. The number of hydrazine groups is 1. The average Bonchev–Trinajstić information content (AvgIpc) is 2.28. The number of rotatable bonds is 6. The normalized spacial score (nSPS) is 12.8. The summed E-state index contributed by atoms with van der Waals surface area (Å²) in [5.41, 5.74) is 4.78. The van der Waals surface area contributed by atoms with Gasteiger partial charge in [0, 0.05) is 5.75 Å². The predicted octanol–water partition coefficient (Wildman–Crippen LogP) is 2.78. The highest BCUT2D eigenvalue weighted by molar-refractivity contribution is 7.99. The second kappa shape index (κ2) is 6.89. The summed E-state index contributed by atoms with van der Waals surface area (Å²) in [5, 5.41) is 0. The molecule has 0 aromatic heterocycles. The lowest BCUT2D eigenvalue weighted by atomic mass is 10.0. The van der Waals surface area contributed by atoms with Crippen LogP contribution in [0.3, 0.4) is 0 Å². The van der Waals surface area contributed by atoms with E-state index in [2.05, 4.69) is 12.3 Å². The van der Waals surface area contributed by atoms with Gasteiger partial charge in [0.25, 0.3) is 0 Å². The Bertz CT molecular complexity index is 331. The predicted molar refractivity (Wildman–Crippen MR) is 68.8 cm³/mol. The number of hydrogen-bond acceptors (Lipinski definition) is 3. The van der Waals surface area contributed by atoms with E-state index in [9.17, 15) is 4.39 Å². The minimum atomic E-state index is -0.207. The number of aryl methyl sites for hydroxylation is 1. The molecule has 1 rings (SSSR count). The second-order valence-corrected chi connectivity index (χ2v) is 4.94. The van der Waals surface area contributed by atoms with E-state index in [4.69, 9.17) is 5.84 Å². The standard InChI is InChI=1S/C12H19FN2S/c1-3-6-16-8-12(15-14)11-7-10(13)5-4-9(11)2/h4-5,7,12,15H,3,6,8,14H2,1-2H3. The van der Waals surface area contributed by atoms with Crippen LogP contribution < -0.4 is 11.3 Å². The molecule has 0 amide bonds. The van der Waals surface area contributed by atoms with Crippen molar-refractivity contribution in [2.24, 2.45) is 5.84 Å². The minimum absolute atomic E-state index is 0.0206. The molecule has 0 aliphatic rings. The summed E-state index contributed by atoms with van der Waals surface area (Å²) in [4.78, 5) is 0. The monoisotopic (exact) mass is 242 g/mol. The number of thioether (sulfide) groups is 1. The number of benzene rings is 1. The van der Waals surface area contributed by atoms with Gasteiger partial charge in [0.1, 0.15) is 5.82 Å². The minimum Gasteiger partial charge on any atom is -0.271 e. The van der Waals surface area contributed by atoms with Crippen LogP contribution in [0.4, 0.5) is 4.39 Å². The van der Waals surface area contributed by atoms with Crippen LogP contribution in [0.5, 0.6) is 0 Å². The third-order valence-electron chi connectivity index (χ3n) is 2.45. The Hall–Kier alpha value is -0.580. The van der Waals surface area contributed by atoms with Crippen molar-refractivity contribution in [3.63, 3.8) is 0 Å². The van der Waals surface area contributed by atoms with Crippen LogP contribution in [0, 0.1) is 12.7 Å². The van der Waals surface area contributed by atoms with E-state index < -0.39 is 0 Å². The Morgan fingerprint density at radius 3 is 2.88 bits per heavy atom. The highest BCUT2D eigenvalue weighted by atomic mass is 32.2. The van der Waals surface area contributed by atoms with Gasteiger partial charge >= 0.3 is 0 Å². The van der Waals surface area contributed by atoms with E-state index in [0.29, 0.717) is 0 Å². The van der Waals surface area contributed by atoms with E-state index in [-0.39, 0.29) is 11.9 Å². The first kappa shape index (κ1) is 13.5. The molecular formula is C12H19FN2S. The van der Waals surface area contributed by atoms with E-state index >= 15 is 0 Å². The van der Waals surface area contributed by atoms with Crippen molar-refractivity contribution in [3.05, 3.63) is 35.1 Å². The van der Waals surface area contributed by atoms with Crippen LogP contribution in [-0.2, 0) is 0 Å². The molecule has 1 unspecified atom stereocenters. The van der Waals surface area contributed by atoms with Crippen molar-refractivity contribution >= 4 is 11.8 Å². The Morgan fingerprint density at radius 2 is 2.25 bits per heavy atom. The van der Waals surface area contributed by atoms with Crippen LogP contribution >= 0.6 is 11.8 Å². The largest absolute Gasteiger partial charge is 0.271 e. The van der Waals surface area contributed by atoms with Gasteiger partial charge in [-0.2, -0.15) is 11.8 Å². The maximum atomic E-state index is 13.2. The van der Waals surface area contributed by atoms with Gasteiger partial charge in [-0.25, -0.2) is 4.39 Å². The van der Waals surface area contributed by atoms with Crippen molar-refractivity contribution in [1.29, 1.82) is 0 Å². The Labute approximate surface area is 101 Å². The molecule has 1 aromatic carbocycles. The molecule has 0 aliphatic heterocycles. The molecule has 1 aromatic rings. The van der Waals surface area contributed by atoms with Crippen molar-refractivity contribution in [2.75, 3.05) is 11.5 Å². The molecule has 90 valence electrons. The highest BCUT2D eigenvalue weighted by Crippen LogP contribution is 2.22. The SMILES string of the molecule is CCCSCC(NN)c1cc(F)ccc1C. The van der Waals surface area contributed by atoms with Gasteiger partial charge in [-0.15, -0.1) is 0 Å². The van der Waals surface area contributed by atoms with Crippen molar-refractivity contribution in [1.82, 2.24) is 5.43 Å². The van der Waals surface area contributed by atoms with Gasteiger partial charge in [-0.05, 0) is 42.4 Å². The fourth-order valence-electron chi connectivity index (χ4n) is 1.56. The molecule has 0 fully saturated rings. The number of halogens is 1. The second-order valence-electron chi connectivity index (χ2n) is 3.80. The van der Waals surface area contributed by atoms with E-state index in [1.54, 1.807) is 12.1 Å². The maximum absolute atomic E-state index is 13.2. The topological polar surface area (TPSA) is 38.0 Å². The quantitative estimate of drug-likeness (QED) is 0.457. The molecule has 0 aliphatic carbocycles. The molecule has 0 saturated heterocycles. The number of hydrogen-bond donors (Lipinski definition) is 2. The third-order valence-corrected chi connectivity index (χ3v) is 3.72. The van der Waals surface area contributed by atoms with Gasteiger partial charge < -0.3 is 0 Å². The van der Waals surface area contributed by atoms with Gasteiger partial charge in [-0.1, -0.05) is 13.0 Å². The maximum Gasteiger partial charge on any atom is 0.123 e.